The highest BCUT2D eigenvalue weighted by Gasteiger charge is 2.24. The molecule has 126 valence electrons. The van der Waals surface area contributed by atoms with E-state index < -0.39 is 0 Å². The normalized spacial score (nSPS) is 15.6. The first kappa shape index (κ1) is 17.3. The van der Waals surface area contributed by atoms with Gasteiger partial charge in [-0.3, -0.25) is 10.4 Å². The van der Waals surface area contributed by atoms with Gasteiger partial charge in [0, 0.05) is 21.7 Å². The molecule has 0 unspecified atom stereocenters. The SMILES string of the molecule is C=C(C)c1cccc(F)c1C1=NC/C(=C/C)C(=N)c2ccc(Cl)cc21. The number of nitrogens with one attached hydrogen (secondary N) is 1. The lowest BCUT2D eigenvalue weighted by Gasteiger charge is -2.15. The zero-order valence-electron chi connectivity index (χ0n) is 14.2. The molecule has 1 heterocycles. The van der Waals surface area contributed by atoms with Crippen molar-refractivity contribution in [3.05, 3.63) is 87.7 Å². The molecule has 2 aromatic carbocycles. The Bertz CT molecular complexity index is 954. The summed E-state index contributed by atoms with van der Waals surface area (Å²) >= 11 is 6.19. The van der Waals surface area contributed by atoms with Crippen molar-refractivity contribution in [3.8, 4) is 0 Å². The van der Waals surface area contributed by atoms with Gasteiger partial charge in [0.15, 0.2) is 0 Å². The maximum atomic E-state index is 14.8. The van der Waals surface area contributed by atoms with Gasteiger partial charge in [-0.2, -0.15) is 0 Å². The van der Waals surface area contributed by atoms with E-state index >= 15 is 0 Å². The Balaban J connectivity index is 2.36. The van der Waals surface area contributed by atoms with E-state index in [1.807, 2.05) is 26.0 Å². The molecule has 0 atom stereocenters. The number of benzene rings is 2. The molecule has 0 aromatic heterocycles. The van der Waals surface area contributed by atoms with E-state index in [9.17, 15) is 4.39 Å². The van der Waals surface area contributed by atoms with Crippen LogP contribution in [0.1, 0.15) is 36.1 Å². The van der Waals surface area contributed by atoms with Crippen LogP contribution in [0.3, 0.4) is 0 Å². The molecule has 0 spiro atoms. The molecule has 2 nitrogen and oxygen atoms in total. The molecule has 1 aliphatic rings. The Hall–Kier alpha value is -2.52. The second-order valence-corrected chi connectivity index (χ2v) is 6.42. The number of hydrogen-bond acceptors (Lipinski definition) is 2. The molecule has 0 amide bonds. The van der Waals surface area contributed by atoms with Crippen molar-refractivity contribution in [2.24, 2.45) is 4.99 Å². The molecular weight excluding hydrogens is 335 g/mol. The van der Waals surface area contributed by atoms with Crippen molar-refractivity contribution in [1.82, 2.24) is 0 Å². The van der Waals surface area contributed by atoms with Gasteiger partial charge in [-0.25, -0.2) is 4.39 Å². The number of fused-ring (bicyclic) bond motifs is 1. The number of rotatable bonds is 2. The molecule has 1 aliphatic heterocycles. The second-order valence-electron chi connectivity index (χ2n) is 5.99. The standard InChI is InChI=1S/C21H18ClFN2/c1-4-13-11-25-21(17-10-14(22)8-9-16(17)20(13)24)19-15(12(2)3)6-5-7-18(19)23/h4-10,24H,2,11H2,1,3H3/b13-4-,24-20?. The summed E-state index contributed by atoms with van der Waals surface area (Å²) in [5.41, 5.74) is 4.94. The molecule has 0 fully saturated rings. The maximum absolute atomic E-state index is 14.8. The number of allylic oxidation sites excluding steroid dienone is 2. The summed E-state index contributed by atoms with van der Waals surface area (Å²) in [6.07, 6.45) is 1.87. The number of hydrogen-bond donors (Lipinski definition) is 1. The van der Waals surface area contributed by atoms with Gasteiger partial charge < -0.3 is 0 Å². The Labute approximate surface area is 151 Å². The average molecular weight is 353 g/mol. The third kappa shape index (κ3) is 3.08. The maximum Gasteiger partial charge on any atom is 0.133 e. The summed E-state index contributed by atoms with van der Waals surface area (Å²) in [5, 5.41) is 9.01. The van der Waals surface area contributed by atoms with Gasteiger partial charge in [0.25, 0.3) is 0 Å². The van der Waals surface area contributed by atoms with Crippen LogP contribution in [-0.2, 0) is 0 Å². The van der Waals surface area contributed by atoms with E-state index in [0.29, 0.717) is 45.2 Å². The van der Waals surface area contributed by atoms with Gasteiger partial charge in [-0.15, -0.1) is 0 Å². The van der Waals surface area contributed by atoms with Crippen molar-refractivity contribution in [2.45, 2.75) is 13.8 Å². The first-order chi connectivity index (χ1) is 11.9. The first-order valence-electron chi connectivity index (χ1n) is 7.97. The zero-order valence-corrected chi connectivity index (χ0v) is 14.9. The fourth-order valence-corrected chi connectivity index (χ4v) is 3.17. The summed E-state index contributed by atoms with van der Waals surface area (Å²) in [6.45, 7) is 8.00. The largest absolute Gasteiger partial charge is 0.300 e. The minimum atomic E-state index is -0.361. The number of nitrogens with zero attached hydrogens (tertiary/aromatic N) is 1. The molecule has 3 rings (SSSR count). The van der Waals surface area contributed by atoms with Crippen LogP contribution < -0.4 is 0 Å². The molecule has 0 bridgehead atoms. The fourth-order valence-electron chi connectivity index (χ4n) is 3.00. The van der Waals surface area contributed by atoms with E-state index in [1.54, 1.807) is 24.3 Å². The van der Waals surface area contributed by atoms with Crippen LogP contribution in [0.25, 0.3) is 5.57 Å². The van der Waals surface area contributed by atoms with Crippen LogP contribution in [-0.4, -0.2) is 18.0 Å². The quantitative estimate of drug-likeness (QED) is 0.722. The molecule has 0 aliphatic carbocycles. The van der Waals surface area contributed by atoms with E-state index in [0.717, 1.165) is 11.1 Å². The van der Waals surface area contributed by atoms with Gasteiger partial charge in [-0.05, 0) is 43.2 Å². The topological polar surface area (TPSA) is 36.2 Å². The molecule has 25 heavy (non-hydrogen) atoms. The van der Waals surface area contributed by atoms with Crippen molar-refractivity contribution in [1.29, 1.82) is 5.41 Å². The summed E-state index contributed by atoms with van der Waals surface area (Å²) in [7, 11) is 0. The van der Waals surface area contributed by atoms with Crippen LogP contribution in [0.5, 0.6) is 0 Å². The van der Waals surface area contributed by atoms with Gasteiger partial charge in [0.05, 0.1) is 18.0 Å². The lowest BCUT2D eigenvalue weighted by molar-refractivity contribution is 0.624. The van der Waals surface area contributed by atoms with Gasteiger partial charge in [-0.1, -0.05) is 48.0 Å². The first-order valence-corrected chi connectivity index (χ1v) is 8.35. The number of halogens is 2. The molecule has 0 saturated heterocycles. The van der Waals surface area contributed by atoms with E-state index in [1.165, 1.54) is 6.07 Å². The molecule has 1 N–H and O–H groups in total. The zero-order chi connectivity index (χ0) is 18.1. The molecule has 4 heteroatoms. The Kier molecular flexibility index (Phi) is 4.69. The summed E-state index contributed by atoms with van der Waals surface area (Å²) in [5.74, 6) is -0.361. The minimum absolute atomic E-state index is 0.320. The lowest BCUT2D eigenvalue weighted by atomic mass is 9.90. The van der Waals surface area contributed by atoms with Crippen LogP contribution >= 0.6 is 11.6 Å². The van der Waals surface area contributed by atoms with E-state index in [2.05, 4.69) is 11.6 Å². The molecule has 0 radical (unpaired) electrons. The van der Waals surface area contributed by atoms with Gasteiger partial charge in [0.2, 0.25) is 0 Å². The highest BCUT2D eigenvalue weighted by molar-refractivity contribution is 6.32. The molecule has 0 saturated carbocycles. The predicted octanol–water partition coefficient (Wildman–Crippen LogP) is 5.68. The van der Waals surface area contributed by atoms with Crippen LogP contribution in [0, 0.1) is 11.2 Å². The summed E-state index contributed by atoms with van der Waals surface area (Å²) in [6, 6.07) is 10.2. The molecule has 2 aromatic rings. The highest BCUT2D eigenvalue weighted by atomic mass is 35.5. The Morgan fingerprint density at radius 3 is 2.72 bits per heavy atom. The lowest BCUT2D eigenvalue weighted by Crippen LogP contribution is -2.12. The van der Waals surface area contributed by atoms with Gasteiger partial charge >= 0.3 is 0 Å². The Morgan fingerprint density at radius 2 is 2.04 bits per heavy atom. The van der Waals surface area contributed by atoms with Crippen LogP contribution in [0.2, 0.25) is 5.02 Å². The van der Waals surface area contributed by atoms with E-state index in [4.69, 9.17) is 17.0 Å². The van der Waals surface area contributed by atoms with Crippen molar-refractivity contribution < 1.29 is 4.39 Å². The van der Waals surface area contributed by atoms with Gasteiger partial charge in [0.1, 0.15) is 5.82 Å². The summed E-state index contributed by atoms with van der Waals surface area (Å²) < 4.78 is 14.8. The minimum Gasteiger partial charge on any atom is -0.300 e. The van der Waals surface area contributed by atoms with Crippen LogP contribution in [0.15, 0.2) is 59.6 Å². The van der Waals surface area contributed by atoms with E-state index in [-0.39, 0.29) is 5.82 Å². The number of aliphatic imine (C=N–C) groups is 1. The second kappa shape index (κ2) is 6.77. The predicted molar refractivity (Wildman–Crippen MR) is 104 cm³/mol. The van der Waals surface area contributed by atoms with Crippen molar-refractivity contribution in [3.63, 3.8) is 0 Å². The van der Waals surface area contributed by atoms with Crippen molar-refractivity contribution >= 4 is 28.6 Å². The summed E-state index contributed by atoms with van der Waals surface area (Å²) in [4.78, 5) is 4.65. The molecular formula is C21H18ClFN2. The Morgan fingerprint density at radius 1 is 1.28 bits per heavy atom. The van der Waals surface area contributed by atoms with Crippen molar-refractivity contribution in [2.75, 3.05) is 6.54 Å². The fraction of sp³-hybridized carbons (Fsp3) is 0.143. The van der Waals surface area contributed by atoms with Crippen LogP contribution in [0.4, 0.5) is 4.39 Å². The average Bonchev–Trinajstić information content (AvgIpc) is 2.71. The third-order valence-corrected chi connectivity index (χ3v) is 4.53. The highest BCUT2D eigenvalue weighted by Crippen LogP contribution is 2.30. The smallest absolute Gasteiger partial charge is 0.133 e. The third-order valence-electron chi connectivity index (χ3n) is 4.29. The monoisotopic (exact) mass is 352 g/mol.